The molecule has 37 heteroatoms. The Morgan fingerprint density at radius 3 is 1.63 bits per heavy atom. The molecule has 0 aromatic rings. The molecule has 0 bridgehead atoms. The summed E-state index contributed by atoms with van der Waals surface area (Å²) in [5.41, 5.74) is -3.69. The minimum absolute atomic E-state index is 0.128. The van der Waals surface area contributed by atoms with Gasteiger partial charge in [-0.2, -0.15) is 0 Å². The van der Waals surface area contributed by atoms with E-state index in [1.54, 1.807) is 6.92 Å². The monoisotopic (exact) mass is 1570 g/mol. The van der Waals surface area contributed by atoms with Crippen molar-refractivity contribution in [3.8, 4) is 0 Å². The molecule has 12 rings (SSSR count). The summed E-state index contributed by atoms with van der Waals surface area (Å²) in [5.74, 6) is -4.25. The molecule has 5 aliphatic carbocycles. The maximum Gasteiger partial charge on any atom is 0.335 e. The van der Waals surface area contributed by atoms with Crippen LogP contribution < -0.4 is 0 Å². The summed E-state index contributed by atoms with van der Waals surface area (Å²) in [6.45, 7) is 13.9. The minimum Gasteiger partial charge on any atom is -0.479 e. The number of rotatable bonds is 19. The zero-order chi connectivity index (χ0) is 79.6. The van der Waals surface area contributed by atoms with E-state index in [1.807, 2.05) is 0 Å². The molecule has 0 aromatic heterocycles. The highest BCUT2D eigenvalue weighted by Gasteiger charge is 2.72. The average Bonchev–Trinajstić information content (AvgIpc) is 0.673. The Hall–Kier alpha value is -3.38. The molecule has 0 amide bonds. The molecule has 0 unspecified atom stereocenters. The fraction of sp³-hybridized carbons (Fsp3) is 0.917. The van der Waals surface area contributed by atoms with Gasteiger partial charge in [0.05, 0.1) is 49.0 Å². The number of allylic oxidation sites excluding steroid dienone is 2. The van der Waals surface area contributed by atoms with Gasteiger partial charge in [-0.25, -0.2) is 4.79 Å². The number of carbonyl (C=O) groups excluding carboxylic acids is 3. The Labute approximate surface area is 628 Å². The average molecular weight is 1570 g/mol. The van der Waals surface area contributed by atoms with Crippen LogP contribution in [0.4, 0.5) is 0 Å². The highest BCUT2D eigenvalue weighted by molar-refractivity contribution is 5.79. The number of carboxylic acid groups (broad SMARTS) is 1. The molecule has 109 heavy (non-hydrogen) atoms. The Kier molecular flexibility index (Phi) is 25.2. The van der Waals surface area contributed by atoms with Crippen LogP contribution in [0.3, 0.4) is 0 Å². The van der Waals surface area contributed by atoms with Crippen LogP contribution in [0.25, 0.3) is 0 Å². The Morgan fingerprint density at radius 2 is 1.04 bits per heavy atom. The molecule has 7 saturated heterocycles. The maximum atomic E-state index is 15.9. The summed E-state index contributed by atoms with van der Waals surface area (Å²) >= 11 is 0. The molecule has 0 radical (unpaired) electrons. The van der Waals surface area contributed by atoms with Gasteiger partial charge in [-0.05, 0) is 117 Å². The van der Waals surface area contributed by atoms with Gasteiger partial charge in [0.2, 0.25) is 6.29 Å². The number of aldehydes is 1. The highest BCUT2D eigenvalue weighted by atomic mass is 16.8. The van der Waals surface area contributed by atoms with E-state index >= 15 is 4.79 Å². The number of aliphatic hydroxyl groups is 17. The maximum absolute atomic E-state index is 15.9. The first-order chi connectivity index (χ1) is 51.1. The second-order valence-electron chi connectivity index (χ2n) is 34.1. The van der Waals surface area contributed by atoms with Crippen molar-refractivity contribution >= 4 is 24.2 Å². The molecular weight excluding hydrogens is 1460 g/mol. The molecule has 7 aliphatic heterocycles. The van der Waals surface area contributed by atoms with Gasteiger partial charge >= 0.3 is 17.9 Å². The lowest BCUT2D eigenvalue weighted by Gasteiger charge is -2.71. The number of ether oxygens (including phenoxy) is 15. The first kappa shape index (κ1) is 85.0. The third-order valence-corrected chi connectivity index (χ3v) is 27.1. The fourth-order valence-electron chi connectivity index (χ4n) is 20.3. The van der Waals surface area contributed by atoms with E-state index in [4.69, 9.17) is 71.1 Å². The van der Waals surface area contributed by atoms with Crippen LogP contribution in [0.2, 0.25) is 0 Å². The van der Waals surface area contributed by atoms with Gasteiger partial charge in [0.1, 0.15) is 147 Å². The van der Waals surface area contributed by atoms with Gasteiger partial charge in [0.25, 0.3) is 0 Å². The van der Waals surface area contributed by atoms with Crippen molar-refractivity contribution in [3.05, 3.63) is 11.6 Å². The van der Waals surface area contributed by atoms with Gasteiger partial charge in [0.15, 0.2) is 49.9 Å². The van der Waals surface area contributed by atoms with Crippen molar-refractivity contribution in [2.45, 2.75) is 335 Å². The van der Waals surface area contributed by atoms with Gasteiger partial charge in [-0.15, -0.1) is 0 Å². The van der Waals surface area contributed by atoms with E-state index in [9.17, 15) is 106 Å². The summed E-state index contributed by atoms with van der Waals surface area (Å²) in [7, 11) is 0. The normalized spacial score (nSPS) is 53.4. The largest absolute Gasteiger partial charge is 0.479 e. The van der Waals surface area contributed by atoms with E-state index in [1.165, 1.54) is 13.8 Å². The number of carbonyl (C=O) groups is 4. The SMILES string of the molecule is CC(=O)OC[C@H]1O[C@@H](O[C@H]2[C@@H](O)[C@H](O[C@H]3[C@H](OC(=O)[C@]45CCC(C)(C)C[C@H]4C4=CC[C@@H]6[C@@]7(C)CC[C@H](O[C@@H]8O[C@H](C(=O)O)[C@@H](O)[C@H](O[C@@H]9OC[C@@H](O)[C@H](O)[C@H]9O)[C@H]8O[C@@H]8O[C@H](CO)[C@H](O)[C@H](O)[C@H]8O)[C@@](C)(C=O)[C@@H]7CC[C@@]6(C)[C@]4(C)CC5)O[C@H](C)[C@H](O)[C@@H]3O)O[C@@H](C)[C@@H]2O[C@@H]2OC[C@@H](O)[C@H](O)[C@H]2O)[C@H](O)[C@@H](O)[C@@H]1O. The van der Waals surface area contributed by atoms with Crippen molar-refractivity contribution in [2.24, 2.45) is 50.2 Å². The van der Waals surface area contributed by atoms with Crippen molar-refractivity contribution in [3.63, 3.8) is 0 Å². The topological polar surface area (TPSA) is 571 Å². The number of aliphatic hydroxyl groups excluding tert-OH is 17. The summed E-state index contributed by atoms with van der Waals surface area (Å²) in [6, 6.07) is 0. The lowest BCUT2D eigenvalue weighted by molar-refractivity contribution is -0.394. The second kappa shape index (κ2) is 32.3. The summed E-state index contributed by atoms with van der Waals surface area (Å²) in [5, 5.41) is 198. The molecular formula is C72H112O37. The molecule has 7 heterocycles. The zero-order valence-electron chi connectivity index (χ0n) is 62.2. The van der Waals surface area contributed by atoms with E-state index in [2.05, 4.69) is 40.7 Å². The molecule has 4 saturated carbocycles. The third kappa shape index (κ3) is 15.2. The van der Waals surface area contributed by atoms with Crippen molar-refractivity contribution in [1.82, 2.24) is 0 Å². The van der Waals surface area contributed by atoms with Gasteiger partial charge in [-0.3, -0.25) is 9.59 Å². The highest BCUT2D eigenvalue weighted by Crippen LogP contribution is 2.76. The summed E-state index contributed by atoms with van der Waals surface area (Å²) in [4.78, 5) is 55.0. The number of fused-ring (bicyclic) bond motifs is 7. The van der Waals surface area contributed by atoms with Crippen LogP contribution in [-0.4, -0.2) is 351 Å². The summed E-state index contributed by atoms with van der Waals surface area (Å²) < 4.78 is 90.4. The van der Waals surface area contributed by atoms with Crippen LogP contribution in [0.5, 0.6) is 0 Å². The van der Waals surface area contributed by atoms with Crippen molar-refractivity contribution in [2.75, 3.05) is 26.4 Å². The zero-order valence-corrected chi connectivity index (χ0v) is 62.2. The number of esters is 2. The number of hydrogen-bond acceptors (Lipinski definition) is 36. The summed E-state index contributed by atoms with van der Waals surface area (Å²) in [6.07, 6.45) is -54.5. The molecule has 12 aliphatic rings. The van der Waals surface area contributed by atoms with Gasteiger partial charge in [-0.1, -0.05) is 53.2 Å². The van der Waals surface area contributed by atoms with Gasteiger partial charge in [0, 0.05) is 6.92 Å². The second-order valence-corrected chi connectivity index (χ2v) is 34.1. The molecule has 622 valence electrons. The van der Waals surface area contributed by atoms with E-state index in [0.717, 1.165) is 18.8 Å². The van der Waals surface area contributed by atoms with Crippen LogP contribution in [0.1, 0.15) is 127 Å². The lowest BCUT2D eigenvalue weighted by atomic mass is 9.33. The molecule has 42 atom stereocenters. The molecule has 11 fully saturated rings. The molecule has 18 N–H and O–H groups in total. The first-order valence-electron chi connectivity index (χ1n) is 37.8. The van der Waals surface area contributed by atoms with Crippen LogP contribution >= 0.6 is 0 Å². The third-order valence-electron chi connectivity index (χ3n) is 27.1. The Bertz CT molecular complexity index is 3220. The molecule has 0 aromatic carbocycles. The lowest BCUT2D eigenvalue weighted by Crippen LogP contribution is -2.69. The predicted octanol–water partition coefficient (Wildman–Crippen LogP) is -5.39. The van der Waals surface area contributed by atoms with E-state index < -0.39 is 292 Å². The van der Waals surface area contributed by atoms with Crippen molar-refractivity contribution in [1.29, 1.82) is 0 Å². The number of carboxylic acids is 1. The fourth-order valence-corrected chi connectivity index (χ4v) is 20.3. The predicted molar refractivity (Wildman–Crippen MR) is 356 cm³/mol. The quantitative estimate of drug-likeness (QED) is 0.0248. The molecule has 0 spiro atoms. The van der Waals surface area contributed by atoms with Crippen LogP contribution in [0, 0.1) is 50.2 Å². The minimum atomic E-state index is -2.22. The first-order valence-corrected chi connectivity index (χ1v) is 37.8. The van der Waals surface area contributed by atoms with Crippen LogP contribution in [-0.2, 0) is 90.2 Å². The smallest absolute Gasteiger partial charge is 0.335 e. The standard InChI is InChI=1S/C72H112O37/c1-26-38(78)45(85)56(107-63-51(91)54(52(27(2)99-63)103-59-46(86)39(79)31(76)22-96-59)105-62-49(89)44(84)42(82)34(101-62)24-95-28(3)75)64(98-26)109-66(94)72-18-16-67(4,5)20-30(72)29-10-11-36-68(6)14-13-37(69(7,25-74)35(68)12-15-71(36,9)70(29,8)17-19-72)102-65-57(108-61-48(88)43(83)41(81)33(21-73)100-61)53(50(90)55(106-65)58(92)93)104-60-47(87)40(80)32(77)23-97-60/h10,25-27,30-57,59-65,73,76-91H,11-24H2,1-9H3,(H,92,93)/t26-,27+,30+,31-,32-,33-,34-,35-,36-,37+,38+,39+,40+,41+,42-,43+,44+,45+,46-,47-,48-,49-,50+,51-,52+,53+,54+,55+,56-,57-,59+,60+,61+,62+,63+,64+,65-,68+,69+,70-,71-,72+/m1/s1. The van der Waals surface area contributed by atoms with E-state index in [0.29, 0.717) is 57.8 Å². The number of hydrogen-bond donors (Lipinski definition) is 18. The van der Waals surface area contributed by atoms with Crippen LogP contribution in [0.15, 0.2) is 11.6 Å². The van der Waals surface area contributed by atoms with Gasteiger partial charge < -0.3 is 168 Å². The number of aliphatic carboxylic acids is 1. The van der Waals surface area contributed by atoms with Crippen molar-refractivity contribution < 1.29 is 182 Å². The van der Waals surface area contributed by atoms with E-state index in [-0.39, 0.29) is 17.8 Å². The Balaban J connectivity index is 0.805. The molecule has 37 nitrogen and oxygen atoms in total. The Morgan fingerprint density at radius 1 is 0.505 bits per heavy atom.